The Balaban J connectivity index is 2.04. The quantitative estimate of drug-likeness (QED) is 0.353. The molecule has 0 fully saturated rings. The first kappa shape index (κ1) is 30.4. The van der Waals surface area contributed by atoms with E-state index in [2.05, 4.69) is 5.32 Å². The number of hydrogen-bond acceptors (Lipinski definition) is 6. The molecule has 0 spiro atoms. The number of amides is 2. The first-order valence-electron chi connectivity index (χ1n) is 12.6. The van der Waals surface area contributed by atoms with Crippen LogP contribution >= 0.6 is 0 Å². The highest BCUT2D eigenvalue weighted by Crippen LogP contribution is 2.32. The molecular weight excluding hydrogens is 537 g/mol. The van der Waals surface area contributed by atoms with E-state index < -0.39 is 40.2 Å². The Labute approximate surface area is 234 Å². The molecule has 9 nitrogen and oxygen atoms in total. The molecule has 40 heavy (non-hydrogen) atoms. The van der Waals surface area contributed by atoms with Gasteiger partial charge < -0.3 is 19.7 Å². The first-order valence-corrected chi connectivity index (χ1v) is 14.1. The van der Waals surface area contributed by atoms with Crippen molar-refractivity contribution in [2.45, 2.75) is 44.3 Å². The summed E-state index contributed by atoms with van der Waals surface area (Å²) in [4.78, 5) is 27.9. The number of para-hydroxylation sites is 1. The van der Waals surface area contributed by atoms with Crippen LogP contribution in [0.2, 0.25) is 0 Å². The average molecular weight is 572 g/mol. The van der Waals surface area contributed by atoms with Crippen molar-refractivity contribution in [2.75, 3.05) is 25.1 Å². The molecule has 3 aromatic rings. The van der Waals surface area contributed by atoms with E-state index in [0.29, 0.717) is 11.3 Å². The average Bonchev–Trinajstić information content (AvgIpc) is 2.94. The fourth-order valence-electron chi connectivity index (χ4n) is 4.00. The van der Waals surface area contributed by atoms with E-state index in [4.69, 9.17) is 9.47 Å². The smallest absolute Gasteiger partial charge is 0.264 e. The summed E-state index contributed by atoms with van der Waals surface area (Å²) in [6.07, 6.45) is 0. The fourth-order valence-corrected chi connectivity index (χ4v) is 5.43. The highest BCUT2D eigenvalue weighted by molar-refractivity contribution is 7.92. The van der Waals surface area contributed by atoms with Crippen LogP contribution in [0, 0.1) is 5.82 Å². The van der Waals surface area contributed by atoms with Crippen molar-refractivity contribution in [1.29, 1.82) is 0 Å². The van der Waals surface area contributed by atoms with E-state index in [1.165, 1.54) is 61.6 Å². The third kappa shape index (κ3) is 7.29. The number of nitrogens with one attached hydrogen (secondary N) is 1. The van der Waals surface area contributed by atoms with E-state index in [1.54, 1.807) is 51.1 Å². The molecule has 2 amide bonds. The Morgan fingerprint density at radius 2 is 1.52 bits per heavy atom. The van der Waals surface area contributed by atoms with Gasteiger partial charge in [-0.3, -0.25) is 13.9 Å². The number of methoxy groups -OCH3 is 2. The number of carbonyl (C=O) groups is 2. The Morgan fingerprint density at radius 3 is 2.10 bits per heavy atom. The molecule has 1 atom stereocenters. The molecule has 214 valence electrons. The van der Waals surface area contributed by atoms with Gasteiger partial charge in [-0.2, -0.15) is 0 Å². The minimum atomic E-state index is -4.28. The van der Waals surface area contributed by atoms with Crippen molar-refractivity contribution in [3.8, 4) is 11.5 Å². The van der Waals surface area contributed by atoms with Crippen LogP contribution in [-0.4, -0.2) is 58.0 Å². The van der Waals surface area contributed by atoms with Crippen LogP contribution in [0.25, 0.3) is 0 Å². The molecule has 0 heterocycles. The minimum absolute atomic E-state index is 0.0369. The van der Waals surface area contributed by atoms with Crippen molar-refractivity contribution in [2.24, 2.45) is 0 Å². The number of ether oxygens (including phenoxy) is 2. The summed E-state index contributed by atoms with van der Waals surface area (Å²) in [6.45, 7) is 4.52. The summed E-state index contributed by atoms with van der Waals surface area (Å²) < 4.78 is 52.9. The fraction of sp³-hybridized carbons (Fsp3) is 0.310. The van der Waals surface area contributed by atoms with Gasteiger partial charge in [0.1, 0.15) is 18.4 Å². The molecule has 0 aliphatic heterocycles. The predicted molar refractivity (Wildman–Crippen MR) is 150 cm³/mol. The van der Waals surface area contributed by atoms with Crippen LogP contribution in [0.1, 0.15) is 26.3 Å². The zero-order valence-corrected chi connectivity index (χ0v) is 23.9. The van der Waals surface area contributed by atoms with E-state index in [-0.39, 0.29) is 28.9 Å². The van der Waals surface area contributed by atoms with Gasteiger partial charge in [0.25, 0.3) is 10.0 Å². The summed E-state index contributed by atoms with van der Waals surface area (Å²) in [5, 5.41) is 2.79. The topological polar surface area (TPSA) is 105 Å². The van der Waals surface area contributed by atoms with Crippen molar-refractivity contribution in [3.05, 3.63) is 84.2 Å². The lowest BCUT2D eigenvalue weighted by Crippen LogP contribution is -2.52. The normalized spacial score (nSPS) is 12.0. The summed E-state index contributed by atoms with van der Waals surface area (Å²) >= 11 is 0. The second-order valence-electron chi connectivity index (χ2n) is 9.35. The van der Waals surface area contributed by atoms with E-state index in [1.807, 2.05) is 0 Å². The zero-order chi connectivity index (χ0) is 29.4. The van der Waals surface area contributed by atoms with Crippen molar-refractivity contribution in [1.82, 2.24) is 10.2 Å². The van der Waals surface area contributed by atoms with Gasteiger partial charge in [-0.05, 0) is 62.7 Å². The lowest BCUT2D eigenvalue weighted by atomic mass is 10.1. The van der Waals surface area contributed by atoms with Gasteiger partial charge in [0.15, 0.2) is 11.5 Å². The van der Waals surface area contributed by atoms with E-state index in [9.17, 15) is 22.4 Å². The van der Waals surface area contributed by atoms with Crippen LogP contribution in [0.15, 0.2) is 77.7 Å². The predicted octanol–water partition coefficient (Wildman–Crippen LogP) is 3.98. The number of sulfonamides is 1. The third-order valence-corrected chi connectivity index (χ3v) is 7.90. The van der Waals surface area contributed by atoms with E-state index in [0.717, 1.165) is 4.31 Å². The maximum atomic E-state index is 13.9. The largest absolute Gasteiger partial charge is 0.493 e. The molecular formula is C29H34FN3O6S. The van der Waals surface area contributed by atoms with Gasteiger partial charge in [0, 0.05) is 18.7 Å². The van der Waals surface area contributed by atoms with Gasteiger partial charge in [0.05, 0.1) is 24.8 Å². The minimum Gasteiger partial charge on any atom is -0.493 e. The zero-order valence-electron chi connectivity index (χ0n) is 23.1. The summed E-state index contributed by atoms with van der Waals surface area (Å²) in [7, 11) is -1.45. The lowest BCUT2D eigenvalue weighted by molar-refractivity contribution is -0.139. The molecule has 3 aromatic carbocycles. The third-order valence-electron chi connectivity index (χ3n) is 6.13. The van der Waals surface area contributed by atoms with E-state index >= 15 is 0 Å². The van der Waals surface area contributed by atoms with Gasteiger partial charge in [-0.15, -0.1) is 0 Å². The molecule has 11 heteroatoms. The van der Waals surface area contributed by atoms with Crippen LogP contribution in [0.4, 0.5) is 10.1 Å². The molecule has 0 radical (unpaired) electrons. The lowest BCUT2D eigenvalue weighted by Gasteiger charge is -2.32. The van der Waals surface area contributed by atoms with Gasteiger partial charge in [0.2, 0.25) is 11.8 Å². The van der Waals surface area contributed by atoms with Gasteiger partial charge in [-0.1, -0.05) is 30.3 Å². The number of nitrogens with zero attached hydrogens (tertiary/aromatic N) is 2. The van der Waals surface area contributed by atoms with Gasteiger partial charge >= 0.3 is 0 Å². The number of hydrogen-bond donors (Lipinski definition) is 1. The Morgan fingerprint density at radius 1 is 0.900 bits per heavy atom. The Bertz CT molecular complexity index is 1420. The SMILES string of the molecule is COc1ccc(S(=O)(=O)N(CC(=O)N(Cc2ccc(F)cc2)[C@@H](C)C(=O)NC(C)C)c2ccccc2)cc1OC. The highest BCUT2D eigenvalue weighted by atomic mass is 32.2. The van der Waals surface area contributed by atoms with Crippen LogP contribution < -0.4 is 19.1 Å². The molecule has 0 aliphatic rings. The van der Waals surface area contributed by atoms with Crippen LogP contribution in [-0.2, 0) is 26.2 Å². The molecule has 0 bridgehead atoms. The first-order chi connectivity index (χ1) is 19.0. The number of halogens is 1. The number of anilines is 1. The molecule has 3 rings (SSSR count). The number of rotatable bonds is 12. The molecule has 0 aliphatic carbocycles. The van der Waals surface area contributed by atoms with Crippen LogP contribution in [0.5, 0.6) is 11.5 Å². The summed E-state index contributed by atoms with van der Waals surface area (Å²) in [5.74, 6) is -0.911. The Hall–Kier alpha value is -4.12. The molecule has 0 aromatic heterocycles. The molecule has 0 saturated carbocycles. The second kappa shape index (κ2) is 13.3. The summed E-state index contributed by atoms with van der Waals surface area (Å²) in [5.41, 5.74) is 0.833. The monoisotopic (exact) mass is 571 g/mol. The van der Waals surface area contributed by atoms with Crippen molar-refractivity contribution in [3.63, 3.8) is 0 Å². The summed E-state index contributed by atoms with van der Waals surface area (Å²) in [6, 6.07) is 16.8. The maximum Gasteiger partial charge on any atom is 0.264 e. The number of carbonyl (C=O) groups excluding carboxylic acids is 2. The molecule has 0 saturated heterocycles. The molecule has 0 unspecified atom stereocenters. The number of benzene rings is 3. The Kier molecular flexibility index (Phi) is 10.1. The van der Waals surface area contributed by atoms with Crippen molar-refractivity contribution < 1.29 is 31.9 Å². The maximum absolute atomic E-state index is 13.9. The van der Waals surface area contributed by atoms with Crippen LogP contribution in [0.3, 0.4) is 0 Å². The molecule has 1 N–H and O–H groups in total. The standard InChI is InChI=1S/C29H34FN3O6S/c1-20(2)31-29(35)21(3)32(18-22-11-13-23(30)14-12-22)28(34)19-33(24-9-7-6-8-10-24)40(36,37)25-15-16-26(38-4)27(17-25)39-5/h6-17,20-21H,18-19H2,1-5H3,(H,31,35)/t21-/m0/s1. The highest BCUT2D eigenvalue weighted by Gasteiger charge is 2.33. The van der Waals surface area contributed by atoms with Crippen molar-refractivity contribution >= 4 is 27.5 Å². The second-order valence-corrected chi connectivity index (χ2v) is 11.2. The van der Waals surface area contributed by atoms with Gasteiger partial charge in [-0.25, -0.2) is 12.8 Å².